The first-order valence-electron chi connectivity index (χ1n) is 4.33. The van der Waals surface area contributed by atoms with Crippen molar-refractivity contribution in [2.45, 2.75) is 39.0 Å². The van der Waals surface area contributed by atoms with Gasteiger partial charge in [0.2, 0.25) is 0 Å². The van der Waals surface area contributed by atoms with E-state index in [9.17, 15) is 0 Å². The number of hydrogen-bond donors (Lipinski definition) is 0. The van der Waals surface area contributed by atoms with Crippen LogP contribution in [0.25, 0.3) is 0 Å². The van der Waals surface area contributed by atoms with Crippen molar-refractivity contribution in [3.8, 4) is 0 Å². The molecule has 0 aliphatic rings. The minimum atomic E-state index is 1.24. The van der Waals surface area contributed by atoms with Crippen molar-refractivity contribution in [1.29, 1.82) is 0 Å². The number of hydrogen-bond acceptors (Lipinski definition) is 0. The molecule has 1 heteroatoms. The molecule has 0 heterocycles. The summed E-state index contributed by atoms with van der Waals surface area (Å²) in [4.78, 5) is 0. The Labute approximate surface area is 83.9 Å². The molecular weight excluding hydrogens is 247 g/mol. The minimum Gasteiger partial charge on any atom is -0.0845 e. The number of unbranched alkanes of at least 4 members (excludes halogenated alkanes) is 4. The minimum absolute atomic E-state index is 1.24. The van der Waals surface area contributed by atoms with Gasteiger partial charge in [0.15, 0.2) is 0 Å². The van der Waals surface area contributed by atoms with E-state index < -0.39 is 0 Å². The van der Waals surface area contributed by atoms with Crippen LogP contribution in [0.2, 0.25) is 0 Å². The molecule has 0 aromatic carbocycles. The molecule has 11 heavy (non-hydrogen) atoms. The molecule has 0 aliphatic carbocycles. The zero-order valence-corrected chi connectivity index (χ0v) is 9.38. The third-order valence-corrected chi connectivity index (χ3v) is 1.96. The summed E-state index contributed by atoms with van der Waals surface area (Å²) in [6.07, 6.45) is 13.1. The Bertz CT molecular complexity index is 114. The van der Waals surface area contributed by atoms with Crippen molar-refractivity contribution < 1.29 is 0 Å². The van der Waals surface area contributed by atoms with Gasteiger partial charge in [0, 0.05) is 0 Å². The smallest absolute Gasteiger partial charge is 0.0234 e. The molecule has 0 fully saturated rings. The van der Waals surface area contributed by atoms with Crippen molar-refractivity contribution in [1.82, 2.24) is 0 Å². The second kappa shape index (κ2) is 10.2. The fourth-order valence-electron chi connectivity index (χ4n) is 0.906. The third-order valence-electron chi connectivity index (χ3n) is 1.54. The summed E-state index contributed by atoms with van der Waals surface area (Å²) in [5, 5.41) is 0. The highest BCUT2D eigenvalue weighted by Crippen LogP contribution is 2.02. The highest BCUT2D eigenvalue weighted by atomic mass is 127. The predicted octanol–water partition coefficient (Wildman–Crippen LogP) is 4.46. The van der Waals surface area contributed by atoms with Crippen LogP contribution < -0.4 is 0 Å². The van der Waals surface area contributed by atoms with Gasteiger partial charge in [0.1, 0.15) is 0 Å². The summed E-state index contributed by atoms with van der Waals surface area (Å²) in [7, 11) is 0. The van der Waals surface area contributed by atoms with E-state index >= 15 is 0 Å². The first-order valence-corrected chi connectivity index (χ1v) is 5.58. The van der Waals surface area contributed by atoms with Crippen LogP contribution in [0.5, 0.6) is 0 Å². The standard InChI is InChI=1S/C10H17I/c1-2-3-4-5-6-7-8-9-10-11/h7-10H,2-6H2,1H3/b8-7+,10-9+. The molecule has 0 aromatic heterocycles. The summed E-state index contributed by atoms with van der Waals surface area (Å²) < 4.78 is 2.03. The summed E-state index contributed by atoms with van der Waals surface area (Å²) in [5.74, 6) is 0. The molecule has 0 unspecified atom stereocenters. The quantitative estimate of drug-likeness (QED) is 0.377. The van der Waals surface area contributed by atoms with Crippen molar-refractivity contribution in [2.75, 3.05) is 0 Å². The van der Waals surface area contributed by atoms with Gasteiger partial charge in [-0.3, -0.25) is 0 Å². The fraction of sp³-hybridized carbons (Fsp3) is 0.600. The Morgan fingerprint density at radius 2 is 1.91 bits per heavy atom. The Hall–Kier alpha value is 0.210. The Morgan fingerprint density at radius 1 is 1.09 bits per heavy atom. The predicted molar refractivity (Wildman–Crippen MR) is 61.1 cm³/mol. The SMILES string of the molecule is CCCCCC/C=C/C=C/I. The highest BCUT2D eigenvalue weighted by Gasteiger charge is 1.82. The maximum absolute atomic E-state index is 2.24. The van der Waals surface area contributed by atoms with Gasteiger partial charge < -0.3 is 0 Å². The average molecular weight is 264 g/mol. The van der Waals surface area contributed by atoms with E-state index in [1.807, 2.05) is 4.08 Å². The van der Waals surface area contributed by atoms with Crippen LogP contribution in [0.15, 0.2) is 22.3 Å². The lowest BCUT2D eigenvalue weighted by atomic mass is 10.1. The zero-order valence-electron chi connectivity index (χ0n) is 7.22. The van der Waals surface area contributed by atoms with Gasteiger partial charge in [0.05, 0.1) is 0 Å². The molecule has 0 saturated carbocycles. The molecule has 0 atom stereocenters. The molecule has 0 rings (SSSR count). The Kier molecular flexibility index (Phi) is 10.4. The number of halogens is 1. The number of allylic oxidation sites excluding steroid dienone is 3. The average Bonchev–Trinajstić information content (AvgIpc) is 2.03. The lowest BCUT2D eigenvalue weighted by molar-refractivity contribution is 0.674. The van der Waals surface area contributed by atoms with Crippen LogP contribution in [0, 0.1) is 0 Å². The molecule has 0 N–H and O–H groups in total. The lowest BCUT2D eigenvalue weighted by Crippen LogP contribution is -1.72. The van der Waals surface area contributed by atoms with Gasteiger partial charge in [-0.15, -0.1) is 0 Å². The van der Waals surface area contributed by atoms with Gasteiger partial charge >= 0.3 is 0 Å². The van der Waals surface area contributed by atoms with E-state index in [-0.39, 0.29) is 0 Å². The second-order valence-electron chi connectivity index (χ2n) is 2.60. The van der Waals surface area contributed by atoms with E-state index in [1.165, 1.54) is 32.1 Å². The van der Waals surface area contributed by atoms with Crippen LogP contribution in [0.4, 0.5) is 0 Å². The van der Waals surface area contributed by atoms with E-state index in [0.29, 0.717) is 0 Å². The van der Waals surface area contributed by atoms with Gasteiger partial charge in [-0.2, -0.15) is 0 Å². The molecule has 0 aliphatic heterocycles. The summed E-state index contributed by atoms with van der Waals surface area (Å²) in [6.45, 7) is 2.24. The van der Waals surface area contributed by atoms with Crippen molar-refractivity contribution in [2.24, 2.45) is 0 Å². The second-order valence-corrected chi connectivity index (χ2v) is 3.32. The topological polar surface area (TPSA) is 0 Å². The van der Waals surface area contributed by atoms with Crippen molar-refractivity contribution >= 4 is 22.6 Å². The lowest BCUT2D eigenvalue weighted by Gasteiger charge is -1.92. The maximum atomic E-state index is 2.24. The summed E-state index contributed by atoms with van der Waals surface area (Å²) in [5.41, 5.74) is 0. The van der Waals surface area contributed by atoms with Gasteiger partial charge in [0.25, 0.3) is 0 Å². The Morgan fingerprint density at radius 3 is 2.55 bits per heavy atom. The Balaban J connectivity index is 3.01. The molecule has 0 aromatic rings. The summed E-state index contributed by atoms with van der Waals surface area (Å²) in [6, 6.07) is 0. The largest absolute Gasteiger partial charge is 0.0845 e. The van der Waals surface area contributed by atoms with Crippen LogP contribution >= 0.6 is 22.6 Å². The normalized spacial score (nSPS) is 11.8. The van der Waals surface area contributed by atoms with E-state index in [1.54, 1.807) is 0 Å². The van der Waals surface area contributed by atoms with E-state index in [0.717, 1.165) is 0 Å². The fourth-order valence-corrected chi connectivity index (χ4v) is 1.15. The van der Waals surface area contributed by atoms with Crippen LogP contribution in [0.1, 0.15) is 39.0 Å². The molecule has 0 nitrogen and oxygen atoms in total. The molecular formula is C10H17I. The van der Waals surface area contributed by atoms with Gasteiger partial charge in [-0.25, -0.2) is 0 Å². The molecule has 64 valence electrons. The van der Waals surface area contributed by atoms with Gasteiger partial charge in [-0.1, -0.05) is 67.0 Å². The molecule has 0 bridgehead atoms. The molecule has 0 saturated heterocycles. The first kappa shape index (κ1) is 11.2. The zero-order chi connectivity index (χ0) is 8.36. The molecule has 0 amide bonds. The van der Waals surface area contributed by atoms with Crippen LogP contribution in [0.3, 0.4) is 0 Å². The van der Waals surface area contributed by atoms with E-state index in [4.69, 9.17) is 0 Å². The maximum Gasteiger partial charge on any atom is -0.0234 e. The van der Waals surface area contributed by atoms with E-state index in [2.05, 4.69) is 47.7 Å². The third kappa shape index (κ3) is 10.2. The monoisotopic (exact) mass is 264 g/mol. The summed E-state index contributed by atoms with van der Waals surface area (Å²) >= 11 is 2.23. The van der Waals surface area contributed by atoms with Gasteiger partial charge in [-0.05, 0) is 16.9 Å². The molecule has 0 radical (unpaired) electrons. The molecule has 0 spiro atoms. The first-order chi connectivity index (χ1) is 5.41. The van der Waals surface area contributed by atoms with Crippen LogP contribution in [-0.2, 0) is 0 Å². The van der Waals surface area contributed by atoms with Crippen molar-refractivity contribution in [3.63, 3.8) is 0 Å². The highest BCUT2D eigenvalue weighted by molar-refractivity contribution is 14.1. The van der Waals surface area contributed by atoms with Crippen molar-refractivity contribution in [3.05, 3.63) is 22.3 Å². The number of rotatable bonds is 6. The van der Waals surface area contributed by atoms with Crippen LogP contribution in [-0.4, -0.2) is 0 Å².